The van der Waals surface area contributed by atoms with Crippen LogP contribution in [0, 0.1) is 0 Å². The van der Waals surface area contributed by atoms with Crippen molar-refractivity contribution in [3.63, 3.8) is 0 Å². The van der Waals surface area contributed by atoms with Crippen molar-refractivity contribution < 1.29 is 9.59 Å². The van der Waals surface area contributed by atoms with E-state index in [0.717, 1.165) is 53.1 Å². The van der Waals surface area contributed by atoms with Gasteiger partial charge in [-0.3, -0.25) is 19.6 Å². The quantitative estimate of drug-likeness (QED) is 0.429. The van der Waals surface area contributed by atoms with E-state index in [2.05, 4.69) is 38.1 Å². The van der Waals surface area contributed by atoms with Crippen LogP contribution in [0.1, 0.15) is 46.7 Å². The zero-order chi connectivity index (χ0) is 24.4. The van der Waals surface area contributed by atoms with Crippen LogP contribution in [-0.2, 0) is 24.8 Å². The summed E-state index contributed by atoms with van der Waals surface area (Å²) < 4.78 is 2.13. The third kappa shape index (κ3) is 4.73. The van der Waals surface area contributed by atoms with E-state index in [1.165, 1.54) is 6.20 Å². The molecular formula is C27H28N6O2. The maximum atomic E-state index is 12.2. The zero-order valence-corrected chi connectivity index (χ0v) is 19.7. The molecule has 2 amide bonds. The maximum absolute atomic E-state index is 12.2. The fourth-order valence-electron chi connectivity index (χ4n) is 4.58. The number of hydrogen-bond acceptors (Lipinski definition) is 5. The number of aromatic nitrogens is 3. The number of fused-ring (bicyclic) bond motifs is 1. The summed E-state index contributed by atoms with van der Waals surface area (Å²) in [7, 11) is 2.03. The highest BCUT2D eigenvalue weighted by Gasteiger charge is 2.20. The molecule has 0 atom stereocenters. The molecule has 5 rings (SSSR count). The number of hydrogen-bond donors (Lipinski definition) is 2. The summed E-state index contributed by atoms with van der Waals surface area (Å²) in [5.41, 5.74) is 11.3. The van der Waals surface area contributed by atoms with E-state index in [4.69, 9.17) is 5.73 Å². The Morgan fingerprint density at radius 1 is 1.06 bits per heavy atom. The molecule has 8 heteroatoms. The lowest BCUT2D eigenvalue weighted by molar-refractivity contribution is -0.119. The van der Waals surface area contributed by atoms with Gasteiger partial charge in [0.05, 0.1) is 29.7 Å². The summed E-state index contributed by atoms with van der Waals surface area (Å²) in [5, 5.41) is 4.53. The number of nitrogens with two attached hydrogens (primary N) is 1. The monoisotopic (exact) mass is 468 g/mol. The van der Waals surface area contributed by atoms with E-state index in [9.17, 15) is 9.59 Å². The first-order valence-electron chi connectivity index (χ1n) is 11.8. The molecule has 8 nitrogen and oxygen atoms in total. The number of carbonyl (C=O) groups excluding carboxylic acids is 2. The lowest BCUT2D eigenvalue weighted by Crippen LogP contribution is -2.35. The predicted octanol–water partition coefficient (Wildman–Crippen LogP) is 3.79. The van der Waals surface area contributed by atoms with Crippen LogP contribution in [0.25, 0.3) is 10.9 Å². The van der Waals surface area contributed by atoms with E-state index in [1.54, 1.807) is 11.1 Å². The first-order valence-corrected chi connectivity index (χ1v) is 11.8. The Morgan fingerprint density at radius 2 is 1.89 bits per heavy atom. The summed E-state index contributed by atoms with van der Waals surface area (Å²) in [5.74, 6) is -0.381. The number of nitrogens with zero attached hydrogens (tertiary/aromatic N) is 4. The lowest BCUT2D eigenvalue weighted by atomic mass is 10.1. The number of benzene rings is 1. The topological polar surface area (TPSA) is 106 Å². The van der Waals surface area contributed by atoms with Gasteiger partial charge in [0, 0.05) is 55.2 Å². The maximum Gasteiger partial charge on any atom is 0.252 e. The van der Waals surface area contributed by atoms with Gasteiger partial charge >= 0.3 is 0 Å². The molecule has 3 N–H and O–H groups in total. The van der Waals surface area contributed by atoms with E-state index in [-0.39, 0.29) is 5.91 Å². The molecule has 3 aromatic heterocycles. The summed E-state index contributed by atoms with van der Waals surface area (Å²) in [4.78, 5) is 35.0. The molecule has 1 aliphatic rings. The van der Waals surface area contributed by atoms with Gasteiger partial charge in [-0.05, 0) is 48.6 Å². The van der Waals surface area contributed by atoms with E-state index >= 15 is 0 Å². The molecule has 0 aliphatic carbocycles. The minimum Gasteiger partial charge on any atom is -0.379 e. The Morgan fingerprint density at radius 3 is 2.63 bits per heavy atom. The molecule has 1 aromatic carbocycles. The Bertz CT molecular complexity index is 1390. The van der Waals surface area contributed by atoms with Crippen molar-refractivity contribution in [2.45, 2.75) is 32.2 Å². The number of aryl methyl sites for hydroxylation is 1. The first kappa shape index (κ1) is 22.6. The number of piperidine rings is 1. The molecule has 0 bridgehead atoms. The van der Waals surface area contributed by atoms with Crippen molar-refractivity contribution in [3.8, 4) is 0 Å². The normalized spacial score (nSPS) is 13.9. The molecule has 4 heterocycles. The number of primary amides is 1. The zero-order valence-electron chi connectivity index (χ0n) is 19.7. The largest absolute Gasteiger partial charge is 0.379 e. The third-order valence-electron chi connectivity index (χ3n) is 6.54. The SMILES string of the molecule is Cn1c(CNc2cc(Cc3ccc(N4CCCCC4=O)cn3)ncc2C(N)=O)cc2ccccc21. The van der Waals surface area contributed by atoms with Gasteiger partial charge in [-0.15, -0.1) is 0 Å². The van der Waals surface area contributed by atoms with Crippen LogP contribution in [0.5, 0.6) is 0 Å². The van der Waals surface area contributed by atoms with Crippen LogP contribution in [0.3, 0.4) is 0 Å². The molecule has 0 unspecified atom stereocenters. The second-order valence-corrected chi connectivity index (χ2v) is 8.88. The molecule has 0 radical (unpaired) electrons. The van der Waals surface area contributed by atoms with Crippen LogP contribution in [-0.4, -0.2) is 32.9 Å². The molecular weight excluding hydrogens is 440 g/mol. The number of para-hydroxylation sites is 1. The van der Waals surface area contributed by atoms with Gasteiger partial charge < -0.3 is 20.5 Å². The Hall–Kier alpha value is -4.20. The Kier molecular flexibility index (Phi) is 6.18. The fraction of sp³-hybridized carbons (Fsp3) is 0.259. The number of rotatable bonds is 7. The van der Waals surface area contributed by atoms with Crippen LogP contribution in [0.15, 0.2) is 60.9 Å². The highest BCUT2D eigenvalue weighted by molar-refractivity contribution is 5.98. The van der Waals surface area contributed by atoms with Crippen molar-refractivity contribution in [3.05, 3.63) is 83.6 Å². The molecule has 4 aromatic rings. The van der Waals surface area contributed by atoms with Gasteiger partial charge in [0.15, 0.2) is 0 Å². The van der Waals surface area contributed by atoms with Gasteiger partial charge in [0.25, 0.3) is 5.91 Å². The van der Waals surface area contributed by atoms with Crippen molar-refractivity contribution in [1.82, 2.24) is 14.5 Å². The highest BCUT2D eigenvalue weighted by Crippen LogP contribution is 2.23. The summed E-state index contributed by atoms with van der Waals surface area (Å²) in [6.07, 6.45) is 6.31. The predicted molar refractivity (Wildman–Crippen MR) is 136 cm³/mol. The average molecular weight is 469 g/mol. The summed E-state index contributed by atoms with van der Waals surface area (Å²) >= 11 is 0. The minimum atomic E-state index is -0.530. The number of amides is 2. The van der Waals surface area contributed by atoms with E-state index in [0.29, 0.717) is 30.6 Å². The second kappa shape index (κ2) is 9.58. The van der Waals surface area contributed by atoms with Crippen molar-refractivity contribution in [1.29, 1.82) is 0 Å². The number of pyridine rings is 2. The minimum absolute atomic E-state index is 0.149. The summed E-state index contributed by atoms with van der Waals surface area (Å²) in [6.45, 7) is 1.27. The third-order valence-corrected chi connectivity index (χ3v) is 6.54. The van der Waals surface area contributed by atoms with Crippen LogP contribution in [0.4, 0.5) is 11.4 Å². The van der Waals surface area contributed by atoms with Gasteiger partial charge in [0.2, 0.25) is 5.91 Å². The van der Waals surface area contributed by atoms with Gasteiger partial charge in [-0.1, -0.05) is 18.2 Å². The number of carbonyl (C=O) groups is 2. The average Bonchev–Trinajstić information content (AvgIpc) is 3.19. The van der Waals surface area contributed by atoms with Crippen molar-refractivity contribution >= 4 is 34.1 Å². The molecule has 35 heavy (non-hydrogen) atoms. The molecule has 1 aliphatic heterocycles. The molecule has 0 spiro atoms. The Balaban J connectivity index is 1.33. The number of nitrogens with one attached hydrogen (secondary N) is 1. The number of anilines is 2. The fourth-order valence-corrected chi connectivity index (χ4v) is 4.58. The van der Waals surface area contributed by atoms with Crippen molar-refractivity contribution in [2.75, 3.05) is 16.8 Å². The molecule has 1 saturated heterocycles. The molecule has 1 fully saturated rings. The smallest absolute Gasteiger partial charge is 0.252 e. The van der Waals surface area contributed by atoms with E-state index < -0.39 is 5.91 Å². The van der Waals surface area contributed by atoms with Crippen LogP contribution in [0.2, 0.25) is 0 Å². The second-order valence-electron chi connectivity index (χ2n) is 8.88. The van der Waals surface area contributed by atoms with Gasteiger partial charge in [0.1, 0.15) is 0 Å². The van der Waals surface area contributed by atoms with Crippen LogP contribution < -0.4 is 16.0 Å². The van der Waals surface area contributed by atoms with Crippen molar-refractivity contribution in [2.24, 2.45) is 12.8 Å². The molecule has 0 saturated carbocycles. The highest BCUT2D eigenvalue weighted by atomic mass is 16.2. The summed E-state index contributed by atoms with van der Waals surface area (Å²) in [6, 6.07) is 16.0. The lowest BCUT2D eigenvalue weighted by Gasteiger charge is -2.26. The molecule has 178 valence electrons. The standard InChI is InChI=1S/C27H28N6O2/c1-32-22(12-18-6-2-3-7-25(18)32)16-31-24-14-20(30-17-23(24)27(28)35)13-19-9-10-21(15-29-19)33-11-5-4-8-26(33)34/h2-3,6-7,9-10,12,14-15,17H,4-5,8,11,13,16H2,1H3,(H2,28,35)(H,30,31). The van der Waals surface area contributed by atoms with Crippen LogP contribution >= 0.6 is 0 Å². The van der Waals surface area contributed by atoms with Gasteiger partial charge in [-0.25, -0.2) is 0 Å². The van der Waals surface area contributed by atoms with Gasteiger partial charge in [-0.2, -0.15) is 0 Å². The Labute approximate surface area is 203 Å². The van der Waals surface area contributed by atoms with E-state index in [1.807, 2.05) is 37.4 Å². The first-order chi connectivity index (χ1) is 17.0.